The SMILES string of the molecule is Cc1ccc(C)c(N2CCN(C(=O)C3CC(c4cccnc4)NN3)CC2)c1. The van der Waals surface area contributed by atoms with Crippen LogP contribution in [0.2, 0.25) is 0 Å². The highest BCUT2D eigenvalue weighted by Crippen LogP contribution is 2.25. The highest BCUT2D eigenvalue weighted by atomic mass is 16.2. The third-order valence-electron chi connectivity index (χ3n) is 5.58. The number of pyridine rings is 1. The highest BCUT2D eigenvalue weighted by molar-refractivity contribution is 5.82. The van der Waals surface area contributed by atoms with Crippen LogP contribution in [0.3, 0.4) is 0 Å². The zero-order valence-corrected chi connectivity index (χ0v) is 16.0. The number of nitrogens with one attached hydrogen (secondary N) is 2. The predicted octanol–water partition coefficient (Wildman–Crippen LogP) is 1.95. The molecule has 6 heteroatoms. The van der Waals surface area contributed by atoms with Crippen LogP contribution >= 0.6 is 0 Å². The van der Waals surface area contributed by atoms with Crippen LogP contribution < -0.4 is 15.8 Å². The van der Waals surface area contributed by atoms with Crippen LogP contribution in [0.5, 0.6) is 0 Å². The van der Waals surface area contributed by atoms with Gasteiger partial charge in [0.25, 0.3) is 0 Å². The molecule has 1 amide bonds. The summed E-state index contributed by atoms with van der Waals surface area (Å²) in [5.41, 5.74) is 11.4. The van der Waals surface area contributed by atoms with Gasteiger partial charge in [-0.1, -0.05) is 18.2 Å². The Hall–Kier alpha value is -2.44. The van der Waals surface area contributed by atoms with Crippen molar-refractivity contribution in [3.63, 3.8) is 0 Å². The molecular formula is C21H27N5O. The van der Waals surface area contributed by atoms with Crippen LogP contribution in [-0.4, -0.2) is 48.0 Å². The second-order valence-corrected chi connectivity index (χ2v) is 7.52. The fourth-order valence-electron chi connectivity index (χ4n) is 3.97. The van der Waals surface area contributed by atoms with Gasteiger partial charge in [0.2, 0.25) is 5.91 Å². The molecule has 4 rings (SSSR count). The van der Waals surface area contributed by atoms with Gasteiger partial charge in [0.15, 0.2) is 0 Å². The minimum atomic E-state index is -0.178. The molecule has 6 nitrogen and oxygen atoms in total. The van der Waals surface area contributed by atoms with Gasteiger partial charge in [-0.2, -0.15) is 0 Å². The molecule has 0 saturated carbocycles. The molecule has 2 N–H and O–H groups in total. The van der Waals surface area contributed by atoms with Crippen molar-refractivity contribution in [2.45, 2.75) is 32.4 Å². The number of hydrogen-bond acceptors (Lipinski definition) is 5. The summed E-state index contributed by atoms with van der Waals surface area (Å²) in [5.74, 6) is 0.189. The lowest BCUT2D eigenvalue weighted by Gasteiger charge is -2.37. The van der Waals surface area contributed by atoms with Gasteiger partial charge in [0, 0.05) is 50.3 Å². The summed E-state index contributed by atoms with van der Waals surface area (Å²) in [5, 5.41) is 0. The smallest absolute Gasteiger partial charge is 0.241 e. The number of hydrazine groups is 1. The number of carbonyl (C=O) groups is 1. The normalized spacial score (nSPS) is 22.9. The van der Waals surface area contributed by atoms with Crippen molar-refractivity contribution in [2.24, 2.45) is 0 Å². The van der Waals surface area contributed by atoms with Crippen LogP contribution in [0.25, 0.3) is 0 Å². The van der Waals surface area contributed by atoms with Crippen molar-refractivity contribution in [2.75, 3.05) is 31.1 Å². The van der Waals surface area contributed by atoms with Gasteiger partial charge in [0.05, 0.1) is 0 Å². The molecule has 27 heavy (non-hydrogen) atoms. The number of carbonyl (C=O) groups excluding carboxylic acids is 1. The summed E-state index contributed by atoms with van der Waals surface area (Å²) in [7, 11) is 0. The molecule has 2 aliphatic heterocycles. The van der Waals surface area contributed by atoms with Gasteiger partial charge >= 0.3 is 0 Å². The first-order valence-electron chi connectivity index (χ1n) is 9.64. The topological polar surface area (TPSA) is 60.5 Å². The molecule has 142 valence electrons. The first kappa shape index (κ1) is 17.9. The van der Waals surface area contributed by atoms with Gasteiger partial charge in [0.1, 0.15) is 6.04 Å². The summed E-state index contributed by atoms with van der Waals surface area (Å²) in [6.45, 7) is 7.56. The molecule has 2 aromatic rings. The molecule has 0 aliphatic carbocycles. The molecule has 2 atom stereocenters. The van der Waals surface area contributed by atoms with Crippen molar-refractivity contribution in [1.29, 1.82) is 0 Å². The Morgan fingerprint density at radius 1 is 1.11 bits per heavy atom. The maximum atomic E-state index is 12.9. The number of benzene rings is 1. The lowest BCUT2D eigenvalue weighted by Crippen LogP contribution is -2.53. The molecule has 0 spiro atoms. The van der Waals surface area contributed by atoms with Crippen LogP contribution in [-0.2, 0) is 4.79 Å². The summed E-state index contributed by atoms with van der Waals surface area (Å²) < 4.78 is 0. The number of aromatic nitrogens is 1. The third kappa shape index (κ3) is 3.82. The number of piperazine rings is 1. The van der Waals surface area contributed by atoms with Crippen molar-refractivity contribution < 1.29 is 4.79 Å². The maximum absolute atomic E-state index is 12.9. The Morgan fingerprint density at radius 3 is 2.67 bits per heavy atom. The Labute approximate surface area is 160 Å². The summed E-state index contributed by atoms with van der Waals surface area (Å²) in [6, 6.07) is 10.5. The molecule has 0 bridgehead atoms. The molecule has 2 saturated heterocycles. The van der Waals surface area contributed by atoms with E-state index in [0.29, 0.717) is 0 Å². The molecule has 2 aliphatic rings. The van der Waals surface area contributed by atoms with Crippen molar-refractivity contribution >= 4 is 11.6 Å². The van der Waals surface area contributed by atoms with Crippen LogP contribution in [0.15, 0.2) is 42.7 Å². The maximum Gasteiger partial charge on any atom is 0.241 e. The summed E-state index contributed by atoms with van der Waals surface area (Å²) in [6.07, 6.45) is 4.38. The Balaban J connectivity index is 1.34. The number of hydrogen-bond donors (Lipinski definition) is 2. The molecule has 1 aromatic heterocycles. The van der Waals surface area contributed by atoms with E-state index in [4.69, 9.17) is 0 Å². The van der Waals surface area contributed by atoms with E-state index in [2.05, 4.69) is 52.8 Å². The fraction of sp³-hybridized carbons (Fsp3) is 0.429. The fourth-order valence-corrected chi connectivity index (χ4v) is 3.97. The van der Waals surface area contributed by atoms with E-state index in [1.165, 1.54) is 16.8 Å². The van der Waals surface area contributed by atoms with Gasteiger partial charge < -0.3 is 9.80 Å². The van der Waals surface area contributed by atoms with E-state index < -0.39 is 0 Å². The minimum absolute atomic E-state index is 0.129. The Morgan fingerprint density at radius 2 is 1.93 bits per heavy atom. The number of aryl methyl sites for hydroxylation is 2. The van der Waals surface area contributed by atoms with Gasteiger partial charge in [-0.25, -0.2) is 10.9 Å². The molecule has 3 heterocycles. The van der Waals surface area contributed by atoms with Crippen molar-refractivity contribution in [3.05, 3.63) is 59.4 Å². The number of amides is 1. The monoisotopic (exact) mass is 365 g/mol. The van der Waals surface area contributed by atoms with Crippen LogP contribution in [0.1, 0.15) is 29.2 Å². The second kappa shape index (κ2) is 7.66. The number of nitrogens with zero attached hydrogens (tertiary/aromatic N) is 3. The lowest BCUT2D eigenvalue weighted by molar-refractivity contribution is -0.133. The third-order valence-corrected chi connectivity index (χ3v) is 5.58. The molecule has 1 aromatic carbocycles. The van der Waals surface area contributed by atoms with E-state index in [-0.39, 0.29) is 18.0 Å². The highest BCUT2D eigenvalue weighted by Gasteiger charge is 2.34. The molecule has 2 fully saturated rings. The first-order valence-corrected chi connectivity index (χ1v) is 9.64. The number of rotatable bonds is 3. The average Bonchev–Trinajstić information content (AvgIpc) is 3.20. The molecule has 2 unspecified atom stereocenters. The van der Waals surface area contributed by atoms with E-state index in [1.807, 2.05) is 23.2 Å². The lowest BCUT2D eigenvalue weighted by atomic mass is 10.0. The van der Waals surface area contributed by atoms with Crippen molar-refractivity contribution in [1.82, 2.24) is 20.7 Å². The van der Waals surface area contributed by atoms with Crippen molar-refractivity contribution in [3.8, 4) is 0 Å². The van der Waals surface area contributed by atoms with E-state index >= 15 is 0 Å². The zero-order chi connectivity index (χ0) is 18.8. The van der Waals surface area contributed by atoms with E-state index in [0.717, 1.165) is 38.2 Å². The Bertz CT molecular complexity index is 801. The quantitative estimate of drug-likeness (QED) is 0.871. The summed E-state index contributed by atoms with van der Waals surface area (Å²) in [4.78, 5) is 21.5. The van der Waals surface area contributed by atoms with Gasteiger partial charge in [-0.3, -0.25) is 9.78 Å². The van der Waals surface area contributed by atoms with E-state index in [9.17, 15) is 4.79 Å². The van der Waals surface area contributed by atoms with Crippen LogP contribution in [0, 0.1) is 13.8 Å². The average molecular weight is 365 g/mol. The summed E-state index contributed by atoms with van der Waals surface area (Å²) >= 11 is 0. The predicted molar refractivity (Wildman–Crippen MR) is 106 cm³/mol. The second-order valence-electron chi connectivity index (χ2n) is 7.52. The molecule has 0 radical (unpaired) electrons. The minimum Gasteiger partial charge on any atom is -0.368 e. The molecular weight excluding hydrogens is 338 g/mol. The standard InChI is InChI=1S/C21H27N5O/c1-15-5-6-16(2)20(12-15)25-8-10-26(11-9-25)21(27)19-13-18(23-24-19)17-4-3-7-22-14-17/h3-7,12,14,18-19,23-24H,8-11,13H2,1-2H3. The number of anilines is 1. The van der Waals surface area contributed by atoms with Gasteiger partial charge in [-0.15, -0.1) is 0 Å². The van der Waals surface area contributed by atoms with Crippen LogP contribution in [0.4, 0.5) is 5.69 Å². The zero-order valence-electron chi connectivity index (χ0n) is 16.0. The first-order chi connectivity index (χ1) is 13.1. The van der Waals surface area contributed by atoms with Gasteiger partial charge in [-0.05, 0) is 49.1 Å². The largest absolute Gasteiger partial charge is 0.368 e. The van der Waals surface area contributed by atoms with E-state index in [1.54, 1.807) is 6.20 Å². The Kier molecular flexibility index (Phi) is 5.09.